The summed E-state index contributed by atoms with van der Waals surface area (Å²) in [6, 6.07) is 7.97. The molecule has 0 unspecified atom stereocenters. The van der Waals surface area contributed by atoms with Crippen LogP contribution in [0.5, 0.6) is 0 Å². The molecular weight excluding hydrogens is 344 g/mol. The number of amides is 1. The zero-order chi connectivity index (χ0) is 17.0. The van der Waals surface area contributed by atoms with Crippen molar-refractivity contribution >= 4 is 27.7 Å². The first-order valence-corrected chi connectivity index (χ1v) is 8.28. The summed E-state index contributed by atoms with van der Waals surface area (Å²) in [5.41, 5.74) is 0.255. The lowest BCUT2D eigenvalue weighted by Crippen LogP contribution is -2.49. The van der Waals surface area contributed by atoms with Gasteiger partial charge in [0.05, 0.1) is 0 Å². The van der Waals surface area contributed by atoms with Gasteiger partial charge in [-0.15, -0.1) is 0 Å². The fourth-order valence-electron chi connectivity index (χ4n) is 1.90. The number of carbonyl (C=O) groups excluding carboxylic acids is 1. The molecular formula is C17H27BrN2O2. The largest absolute Gasteiger partial charge is 0.444 e. The number of hydrogen-bond donors (Lipinski definition) is 1. The van der Waals surface area contributed by atoms with Crippen LogP contribution < -0.4 is 5.32 Å². The Bertz CT molecular complexity index is 487. The fourth-order valence-corrected chi connectivity index (χ4v) is 2.16. The topological polar surface area (TPSA) is 41.6 Å². The molecule has 0 aliphatic heterocycles. The molecule has 4 nitrogen and oxygen atoms in total. The predicted molar refractivity (Wildman–Crippen MR) is 95.3 cm³/mol. The van der Waals surface area contributed by atoms with E-state index in [0.717, 1.165) is 10.2 Å². The van der Waals surface area contributed by atoms with Gasteiger partial charge >= 0.3 is 6.09 Å². The van der Waals surface area contributed by atoms with Crippen molar-refractivity contribution in [1.82, 2.24) is 4.90 Å². The zero-order valence-electron chi connectivity index (χ0n) is 14.4. The van der Waals surface area contributed by atoms with Gasteiger partial charge in [-0.2, -0.15) is 0 Å². The van der Waals surface area contributed by atoms with Gasteiger partial charge in [0.15, 0.2) is 0 Å². The summed E-state index contributed by atoms with van der Waals surface area (Å²) >= 11 is 3.41. The van der Waals surface area contributed by atoms with E-state index in [2.05, 4.69) is 21.2 Å². The maximum Gasteiger partial charge on any atom is 0.410 e. The lowest BCUT2D eigenvalue weighted by atomic mass is 10.1. The van der Waals surface area contributed by atoms with E-state index in [4.69, 9.17) is 4.74 Å². The van der Waals surface area contributed by atoms with Crippen LogP contribution >= 0.6 is 15.9 Å². The van der Waals surface area contributed by atoms with E-state index in [-0.39, 0.29) is 11.6 Å². The minimum absolute atomic E-state index is 0.280. The first kappa shape index (κ1) is 18.8. The summed E-state index contributed by atoms with van der Waals surface area (Å²) in [6.45, 7) is 12.9. The van der Waals surface area contributed by atoms with E-state index >= 15 is 0 Å². The third kappa shape index (κ3) is 6.69. The first-order chi connectivity index (χ1) is 9.99. The van der Waals surface area contributed by atoms with Gasteiger partial charge in [0.1, 0.15) is 5.60 Å². The average molecular weight is 371 g/mol. The van der Waals surface area contributed by atoms with Crippen LogP contribution in [0.1, 0.15) is 41.5 Å². The number of hydrogen-bond acceptors (Lipinski definition) is 3. The third-order valence-electron chi connectivity index (χ3n) is 2.93. The Balaban J connectivity index is 2.62. The van der Waals surface area contributed by atoms with Crippen molar-refractivity contribution in [1.29, 1.82) is 0 Å². The van der Waals surface area contributed by atoms with E-state index < -0.39 is 5.60 Å². The number of anilines is 1. The molecule has 5 heteroatoms. The highest BCUT2D eigenvalue weighted by atomic mass is 79.9. The molecule has 0 aromatic heterocycles. The maximum absolute atomic E-state index is 12.4. The molecule has 1 N–H and O–H groups in total. The van der Waals surface area contributed by atoms with Gasteiger partial charge in [0.2, 0.25) is 0 Å². The monoisotopic (exact) mass is 370 g/mol. The van der Waals surface area contributed by atoms with Gasteiger partial charge in [-0.05, 0) is 65.8 Å². The fraction of sp³-hybridized carbons (Fsp3) is 0.588. The highest BCUT2D eigenvalue weighted by molar-refractivity contribution is 9.10. The SMILES string of the molecule is CC(C)(C)OC(=O)N(CCNc1ccc(Br)cc1)C(C)(C)C. The Kier molecular flexibility index (Phi) is 6.29. The Labute approximate surface area is 142 Å². The van der Waals surface area contributed by atoms with Crippen LogP contribution in [0.3, 0.4) is 0 Å². The molecule has 0 radical (unpaired) electrons. The summed E-state index contributed by atoms with van der Waals surface area (Å²) in [4.78, 5) is 14.1. The van der Waals surface area contributed by atoms with Gasteiger partial charge in [-0.25, -0.2) is 4.79 Å². The third-order valence-corrected chi connectivity index (χ3v) is 3.46. The summed E-state index contributed by atoms with van der Waals surface area (Å²) in [6.07, 6.45) is -0.280. The molecule has 0 spiro atoms. The molecule has 22 heavy (non-hydrogen) atoms. The van der Waals surface area contributed by atoms with Gasteiger partial charge in [0, 0.05) is 28.8 Å². The van der Waals surface area contributed by atoms with Gasteiger partial charge < -0.3 is 15.0 Å². The normalized spacial score (nSPS) is 12.0. The minimum atomic E-state index is -0.486. The number of nitrogens with zero attached hydrogens (tertiary/aromatic N) is 1. The van der Waals surface area contributed by atoms with Gasteiger partial charge in [-0.1, -0.05) is 15.9 Å². The van der Waals surface area contributed by atoms with Crippen molar-refractivity contribution in [2.24, 2.45) is 0 Å². The predicted octanol–water partition coefficient (Wildman–Crippen LogP) is 4.90. The molecule has 0 saturated carbocycles. The lowest BCUT2D eigenvalue weighted by molar-refractivity contribution is 0.00749. The van der Waals surface area contributed by atoms with E-state index in [0.29, 0.717) is 13.1 Å². The molecule has 1 aromatic carbocycles. The number of rotatable bonds is 4. The molecule has 0 aliphatic rings. The Hall–Kier alpha value is -1.23. The first-order valence-electron chi connectivity index (χ1n) is 7.49. The molecule has 1 rings (SSSR count). The Morgan fingerprint density at radius 3 is 2.14 bits per heavy atom. The number of benzene rings is 1. The van der Waals surface area contributed by atoms with Crippen molar-refractivity contribution in [2.75, 3.05) is 18.4 Å². The molecule has 1 aromatic rings. The van der Waals surface area contributed by atoms with Crippen LogP contribution in [-0.4, -0.2) is 35.2 Å². The highest BCUT2D eigenvalue weighted by Gasteiger charge is 2.30. The van der Waals surface area contributed by atoms with Gasteiger partial charge in [-0.3, -0.25) is 0 Å². The van der Waals surface area contributed by atoms with E-state index in [9.17, 15) is 4.79 Å². The molecule has 0 aliphatic carbocycles. The number of nitrogens with one attached hydrogen (secondary N) is 1. The second kappa shape index (κ2) is 7.36. The summed E-state index contributed by atoms with van der Waals surface area (Å²) < 4.78 is 6.54. The lowest BCUT2D eigenvalue weighted by Gasteiger charge is -2.37. The minimum Gasteiger partial charge on any atom is -0.444 e. The second-order valence-electron chi connectivity index (χ2n) is 7.24. The molecule has 0 saturated heterocycles. The smallest absolute Gasteiger partial charge is 0.410 e. The highest BCUT2D eigenvalue weighted by Crippen LogP contribution is 2.19. The van der Waals surface area contributed by atoms with Crippen molar-refractivity contribution < 1.29 is 9.53 Å². The maximum atomic E-state index is 12.4. The van der Waals surface area contributed by atoms with Crippen LogP contribution in [-0.2, 0) is 4.74 Å². The van der Waals surface area contributed by atoms with E-state index in [1.54, 1.807) is 4.90 Å². The number of carbonyl (C=O) groups is 1. The number of halogens is 1. The molecule has 0 fully saturated rings. The van der Waals surface area contributed by atoms with Crippen molar-refractivity contribution in [3.05, 3.63) is 28.7 Å². The molecule has 124 valence electrons. The van der Waals surface area contributed by atoms with E-state index in [1.807, 2.05) is 65.8 Å². The van der Waals surface area contributed by atoms with Crippen LogP contribution in [0.4, 0.5) is 10.5 Å². The Morgan fingerprint density at radius 1 is 1.14 bits per heavy atom. The molecule has 1 amide bonds. The van der Waals surface area contributed by atoms with Crippen LogP contribution in [0.15, 0.2) is 28.7 Å². The average Bonchev–Trinajstić information content (AvgIpc) is 2.32. The number of ether oxygens (including phenoxy) is 1. The van der Waals surface area contributed by atoms with Crippen LogP contribution in [0, 0.1) is 0 Å². The molecule has 0 heterocycles. The molecule has 0 bridgehead atoms. The van der Waals surface area contributed by atoms with Crippen molar-refractivity contribution in [2.45, 2.75) is 52.7 Å². The van der Waals surface area contributed by atoms with Crippen molar-refractivity contribution in [3.8, 4) is 0 Å². The van der Waals surface area contributed by atoms with Crippen LogP contribution in [0.25, 0.3) is 0 Å². The zero-order valence-corrected chi connectivity index (χ0v) is 16.0. The van der Waals surface area contributed by atoms with Crippen LogP contribution in [0.2, 0.25) is 0 Å². The summed E-state index contributed by atoms with van der Waals surface area (Å²) in [5, 5.41) is 3.32. The standard InChI is InChI=1S/C17H27BrN2O2/c1-16(2,3)20(15(21)22-17(4,5)6)12-11-19-14-9-7-13(18)8-10-14/h7-10,19H,11-12H2,1-6H3. The Morgan fingerprint density at radius 2 is 1.68 bits per heavy atom. The molecule has 0 atom stereocenters. The quantitative estimate of drug-likeness (QED) is 0.819. The summed E-state index contributed by atoms with van der Waals surface area (Å²) in [7, 11) is 0. The van der Waals surface area contributed by atoms with Gasteiger partial charge in [0.25, 0.3) is 0 Å². The second-order valence-corrected chi connectivity index (χ2v) is 8.15. The summed E-state index contributed by atoms with van der Waals surface area (Å²) in [5.74, 6) is 0. The van der Waals surface area contributed by atoms with Crippen molar-refractivity contribution in [3.63, 3.8) is 0 Å². The van der Waals surface area contributed by atoms with E-state index in [1.165, 1.54) is 0 Å².